The zero-order valence-electron chi connectivity index (χ0n) is 23.6. The van der Waals surface area contributed by atoms with Crippen molar-refractivity contribution in [2.24, 2.45) is 10.7 Å². The molecule has 2 aliphatic heterocycles. The molecule has 0 saturated carbocycles. The van der Waals surface area contributed by atoms with Gasteiger partial charge in [0.05, 0.1) is 18.9 Å². The van der Waals surface area contributed by atoms with Gasteiger partial charge in [0.2, 0.25) is 0 Å². The molecule has 1 aromatic heterocycles. The number of nitrogen functional groups attached to an aromatic ring is 1. The lowest BCUT2D eigenvalue weighted by atomic mass is 10.0. The van der Waals surface area contributed by atoms with Gasteiger partial charge in [0, 0.05) is 67.4 Å². The topological polar surface area (TPSA) is 119 Å². The maximum Gasteiger partial charge on any atom is 0.273 e. The van der Waals surface area contributed by atoms with Crippen LogP contribution in [-0.4, -0.2) is 66.1 Å². The first-order valence-corrected chi connectivity index (χ1v) is 14.2. The van der Waals surface area contributed by atoms with E-state index in [4.69, 9.17) is 21.0 Å². The van der Waals surface area contributed by atoms with E-state index in [2.05, 4.69) is 20.9 Å². The minimum atomic E-state index is -0.213. The molecule has 0 radical (unpaired) electrons. The molecule has 1 amide bonds. The first kappa shape index (κ1) is 28.5. The fraction of sp³-hybridized carbons (Fsp3) is 0.344. The predicted molar refractivity (Wildman–Crippen MR) is 162 cm³/mol. The number of fused-ring (bicyclic) bond motifs is 1. The fourth-order valence-corrected chi connectivity index (χ4v) is 4.96. The van der Waals surface area contributed by atoms with Gasteiger partial charge in [0.15, 0.2) is 0 Å². The summed E-state index contributed by atoms with van der Waals surface area (Å²) < 4.78 is 5.46. The van der Waals surface area contributed by atoms with Crippen LogP contribution in [0.4, 0.5) is 11.4 Å². The molecule has 3 aromatic rings. The molecule has 3 heterocycles. The molecule has 41 heavy (non-hydrogen) atoms. The molecule has 0 spiro atoms. The van der Waals surface area contributed by atoms with Crippen molar-refractivity contribution in [3.8, 4) is 11.1 Å². The molecule has 9 heteroatoms. The van der Waals surface area contributed by atoms with Crippen LogP contribution in [0.25, 0.3) is 17.2 Å². The highest BCUT2D eigenvalue weighted by molar-refractivity contribution is 6.05. The van der Waals surface area contributed by atoms with Crippen LogP contribution < -0.4 is 11.5 Å². The number of benzene rings is 2. The quantitative estimate of drug-likeness (QED) is 0.282. The first-order valence-electron chi connectivity index (χ1n) is 14.2. The number of hydrogen-bond donors (Lipinski definition) is 2. The Morgan fingerprint density at radius 1 is 1.02 bits per heavy atom. The number of aliphatic imine (C=N–C) groups is 1. The number of amides is 1. The van der Waals surface area contributed by atoms with Gasteiger partial charge < -0.3 is 16.2 Å². The highest BCUT2D eigenvalue weighted by Crippen LogP contribution is 2.32. The first-order chi connectivity index (χ1) is 20.0. The number of nitrogens with zero attached hydrogens (tertiary/aromatic N) is 4. The third-order valence-corrected chi connectivity index (χ3v) is 7.24. The number of ether oxygens (including phenoxy) is 1. The number of hydrogen-bond acceptors (Lipinski definition) is 8. The number of carbonyl (C=O) groups excluding carboxylic acids is 1. The molecule has 2 aliphatic rings. The average Bonchev–Trinajstić information content (AvgIpc) is 3.17. The van der Waals surface area contributed by atoms with Gasteiger partial charge in [-0.25, -0.2) is 10.1 Å². The monoisotopic (exact) mass is 554 g/mol. The smallest absolute Gasteiger partial charge is 0.273 e. The second kappa shape index (κ2) is 13.5. The minimum absolute atomic E-state index is 0.213. The van der Waals surface area contributed by atoms with Gasteiger partial charge in [-0.05, 0) is 59.9 Å². The summed E-state index contributed by atoms with van der Waals surface area (Å²) in [7, 11) is 0. The summed E-state index contributed by atoms with van der Waals surface area (Å²) in [6.07, 6.45) is 7.60. The van der Waals surface area contributed by atoms with Gasteiger partial charge in [-0.2, -0.15) is 0 Å². The SMILES string of the molecule is CCCN(OCc1ccc(N)cc1)C(=O)C1=Cc2ccc(-c3cncc(CCN4CCOCC4)c3)cc2N=C(N)C1. The Bertz CT molecular complexity index is 1410. The summed E-state index contributed by atoms with van der Waals surface area (Å²) in [4.78, 5) is 31.1. The normalized spacial score (nSPS) is 15.4. The number of hydroxylamine groups is 2. The van der Waals surface area contributed by atoms with Crippen LogP contribution in [0.1, 0.15) is 36.5 Å². The summed E-state index contributed by atoms with van der Waals surface area (Å²) in [6.45, 7) is 7.26. The molecule has 0 aliphatic carbocycles. The summed E-state index contributed by atoms with van der Waals surface area (Å²) in [5.74, 6) is 0.169. The van der Waals surface area contributed by atoms with E-state index in [0.29, 0.717) is 23.6 Å². The molecular weight excluding hydrogens is 516 g/mol. The largest absolute Gasteiger partial charge is 0.399 e. The number of carbonyl (C=O) groups is 1. The number of amidine groups is 1. The Labute approximate surface area is 241 Å². The fourth-order valence-electron chi connectivity index (χ4n) is 4.96. The lowest BCUT2D eigenvalue weighted by Gasteiger charge is -2.26. The molecule has 0 unspecified atom stereocenters. The highest BCUT2D eigenvalue weighted by Gasteiger charge is 2.22. The second-order valence-corrected chi connectivity index (χ2v) is 10.4. The van der Waals surface area contributed by atoms with E-state index in [0.717, 1.165) is 73.6 Å². The lowest BCUT2D eigenvalue weighted by Crippen LogP contribution is -2.37. The summed E-state index contributed by atoms with van der Waals surface area (Å²) in [5, 5.41) is 1.42. The molecule has 0 atom stereocenters. The van der Waals surface area contributed by atoms with Crippen molar-refractivity contribution in [2.45, 2.75) is 32.8 Å². The molecule has 5 rings (SSSR count). The summed E-state index contributed by atoms with van der Waals surface area (Å²) >= 11 is 0. The van der Waals surface area contributed by atoms with Crippen molar-refractivity contribution in [3.63, 3.8) is 0 Å². The van der Waals surface area contributed by atoms with Crippen LogP contribution in [0.15, 0.2) is 71.5 Å². The van der Waals surface area contributed by atoms with Crippen LogP contribution >= 0.6 is 0 Å². The zero-order valence-corrected chi connectivity index (χ0v) is 23.6. The molecule has 2 aromatic carbocycles. The zero-order chi connectivity index (χ0) is 28.6. The van der Waals surface area contributed by atoms with Crippen LogP contribution in [-0.2, 0) is 27.4 Å². The van der Waals surface area contributed by atoms with Gasteiger partial charge in [-0.15, -0.1) is 0 Å². The molecule has 214 valence electrons. The summed E-state index contributed by atoms with van der Waals surface area (Å²) in [5.41, 5.74) is 19.0. The Morgan fingerprint density at radius 3 is 2.61 bits per heavy atom. The molecular formula is C32H38N6O3. The number of anilines is 1. The standard InChI is InChI=1S/C32H38N6O3/c1-2-10-38(41-22-23-3-7-29(33)8-4-23)32(39)27-17-26-6-5-25(18-30(26)36-31(34)19-27)28-16-24(20-35-21-28)9-11-37-12-14-40-15-13-37/h3-8,16-18,20-21H,2,9-15,19,22,33H2,1H3,(H2,34,36). The Kier molecular flexibility index (Phi) is 9.40. The third kappa shape index (κ3) is 7.58. The minimum Gasteiger partial charge on any atom is -0.399 e. The van der Waals surface area contributed by atoms with E-state index in [1.54, 1.807) is 0 Å². The van der Waals surface area contributed by atoms with Crippen LogP contribution in [0, 0.1) is 0 Å². The molecule has 4 N–H and O–H groups in total. The van der Waals surface area contributed by atoms with E-state index in [1.807, 2.05) is 67.9 Å². The molecule has 1 saturated heterocycles. The van der Waals surface area contributed by atoms with Crippen molar-refractivity contribution in [1.29, 1.82) is 0 Å². The van der Waals surface area contributed by atoms with Crippen LogP contribution in [0.3, 0.4) is 0 Å². The van der Waals surface area contributed by atoms with E-state index >= 15 is 0 Å². The van der Waals surface area contributed by atoms with Gasteiger partial charge in [0.1, 0.15) is 12.4 Å². The number of rotatable bonds is 10. The van der Waals surface area contributed by atoms with Gasteiger partial charge in [-0.1, -0.05) is 31.2 Å². The van der Waals surface area contributed by atoms with Crippen LogP contribution in [0.5, 0.6) is 0 Å². The van der Waals surface area contributed by atoms with Crippen molar-refractivity contribution < 1.29 is 14.4 Å². The number of aromatic nitrogens is 1. The van der Waals surface area contributed by atoms with E-state index in [9.17, 15) is 4.79 Å². The Balaban J connectivity index is 1.32. The van der Waals surface area contributed by atoms with Crippen LogP contribution in [0.2, 0.25) is 0 Å². The Morgan fingerprint density at radius 2 is 1.83 bits per heavy atom. The van der Waals surface area contributed by atoms with E-state index in [1.165, 1.54) is 10.6 Å². The molecule has 0 bridgehead atoms. The van der Waals surface area contributed by atoms with E-state index < -0.39 is 0 Å². The third-order valence-electron chi connectivity index (χ3n) is 7.24. The van der Waals surface area contributed by atoms with Crippen molar-refractivity contribution >= 4 is 29.2 Å². The van der Waals surface area contributed by atoms with Crippen molar-refractivity contribution in [1.82, 2.24) is 14.9 Å². The van der Waals surface area contributed by atoms with Gasteiger partial charge in [0.25, 0.3) is 5.91 Å². The second-order valence-electron chi connectivity index (χ2n) is 10.4. The number of pyridine rings is 1. The molecule has 1 fully saturated rings. The summed E-state index contributed by atoms with van der Waals surface area (Å²) in [6, 6.07) is 15.6. The number of morpholine rings is 1. The Hall–Kier alpha value is -4.05. The average molecular weight is 555 g/mol. The van der Waals surface area contributed by atoms with Gasteiger partial charge >= 0.3 is 0 Å². The predicted octanol–water partition coefficient (Wildman–Crippen LogP) is 4.35. The highest BCUT2D eigenvalue weighted by atomic mass is 16.7. The van der Waals surface area contributed by atoms with Gasteiger partial charge in [-0.3, -0.25) is 19.5 Å². The van der Waals surface area contributed by atoms with E-state index in [-0.39, 0.29) is 18.9 Å². The maximum atomic E-state index is 13.6. The number of nitrogens with two attached hydrogens (primary N) is 2. The maximum absolute atomic E-state index is 13.6. The van der Waals surface area contributed by atoms with Crippen molar-refractivity contribution in [2.75, 3.05) is 45.1 Å². The van der Waals surface area contributed by atoms with Crippen molar-refractivity contribution in [3.05, 3.63) is 83.2 Å². The lowest BCUT2D eigenvalue weighted by molar-refractivity contribution is -0.187. The molecule has 9 nitrogen and oxygen atoms in total.